The second-order valence-electron chi connectivity index (χ2n) is 5.01. The summed E-state index contributed by atoms with van der Waals surface area (Å²) in [5.41, 5.74) is 4.41. The number of aryl methyl sites for hydroxylation is 2. The molecule has 0 spiro atoms. The van der Waals surface area contributed by atoms with Crippen molar-refractivity contribution in [1.82, 2.24) is 14.8 Å². The molecule has 4 nitrogen and oxygen atoms in total. The second-order valence-corrected chi connectivity index (χ2v) is 5.93. The molecule has 3 rings (SSSR count). The highest BCUT2D eigenvalue weighted by atomic mass is 79.9. The number of pyridine rings is 1. The average molecular weight is 345 g/mol. The lowest BCUT2D eigenvalue weighted by Crippen LogP contribution is -2.02. The fourth-order valence-corrected chi connectivity index (χ4v) is 2.85. The highest BCUT2D eigenvalue weighted by molar-refractivity contribution is 9.10. The van der Waals surface area contributed by atoms with E-state index in [1.165, 1.54) is 5.56 Å². The second kappa shape index (κ2) is 5.85. The van der Waals surface area contributed by atoms with Gasteiger partial charge in [0.05, 0.1) is 16.9 Å². The average Bonchev–Trinajstić information content (AvgIpc) is 2.84. The largest absolute Gasteiger partial charge is 0.379 e. The van der Waals surface area contributed by atoms with E-state index in [0.717, 1.165) is 39.7 Å². The number of benzene rings is 1. The van der Waals surface area contributed by atoms with E-state index in [1.807, 2.05) is 24.0 Å². The van der Waals surface area contributed by atoms with Gasteiger partial charge in [-0.25, -0.2) is 0 Å². The van der Waals surface area contributed by atoms with Gasteiger partial charge in [0.1, 0.15) is 0 Å². The molecular weight excluding hydrogens is 328 g/mol. The van der Waals surface area contributed by atoms with Crippen LogP contribution in [0.25, 0.3) is 10.9 Å². The number of halogens is 1. The molecule has 0 atom stereocenters. The van der Waals surface area contributed by atoms with Crippen molar-refractivity contribution in [2.75, 3.05) is 5.32 Å². The number of nitrogens with one attached hydrogen (secondary N) is 1. The van der Waals surface area contributed by atoms with Gasteiger partial charge in [-0.1, -0.05) is 19.1 Å². The molecular formula is C16H17BrN4. The van der Waals surface area contributed by atoms with Crippen LogP contribution in [0.4, 0.5) is 5.69 Å². The molecule has 0 amide bonds. The first-order chi connectivity index (χ1) is 10.2. The van der Waals surface area contributed by atoms with Crippen molar-refractivity contribution < 1.29 is 0 Å². The first kappa shape index (κ1) is 14.1. The van der Waals surface area contributed by atoms with E-state index in [1.54, 1.807) is 0 Å². The number of hydrogen-bond acceptors (Lipinski definition) is 3. The van der Waals surface area contributed by atoms with Crippen molar-refractivity contribution in [3.63, 3.8) is 0 Å². The van der Waals surface area contributed by atoms with Gasteiger partial charge >= 0.3 is 0 Å². The van der Waals surface area contributed by atoms with Gasteiger partial charge in [-0.05, 0) is 34.5 Å². The van der Waals surface area contributed by atoms with Gasteiger partial charge in [-0.3, -0.25) is 9.67 Å². The Labute approximate surface area is 132 Å². The maximum atomic E-state index is 4.51. The number of rotatable bonds is 4. The van der Waals surface area contributed by atoms with Crippen molar-refractivity contribution in [2.24, 2.45) is 7.05 Å². The topological polar surface area (TPSA) is 42.7 Å². The third kappa shape index (κ3) is 2.93. The summed E-state index contributed by atoms with van der Waals surface area (Å²) >= 11 is 3.46. The Bertz CT molecular complexity index is 779. The predicted molar refractivity (Wildman–Crippen MR) is 89.4 cm³/mol. The van der Waals surface area contributed by atoms with E-state index >= 15 is 0 Å². The minimum atomic E-state index is 0.758. The summed E-state index contributed by atoms with van der Waals surface area (Å²) in [6.45, 7) is 2.89. The molecule has 0 saturated carbocycles. The van der Waals surface area contributed by atoms with Crippen molar-refractivity contribution in [3.05, 3.63) is 52.4 Å². The Balaban J connectivity index is 1.88. The minimum absolute atomic E-state index is 0.758. The van der Waals surface area contributed by atoms with Crippen LogP contribution in [-0.2, 0) is 20.0 Å². The molecule has 0 bridgehead atoms. The van der Waals surface area contributed by atoms with Gasteiger partial charge < -0.3 is 5.32 Å². The van der Waals surface area contributed by atoms with Crippen LogP contribution in [0.2, 0.25) is 0 Å². The molecule has 0 saturated heterocycles. The first-order valence-corrected chi connectivity index (χ1v) is 7.76. The maximum Gasteiger partial charge on any atom is 0.0934 e. The van der Waals surface area contributed by atoms with Crippen molar-refractivity contribution in [1.29, 1.82) is 0 Å². The van der Waals surface area contributed by atoms with Crippen LogP contribution in [-0.4, -0.2) is 14.8 Å². The molecule has 0 aliphatic carbocycles. The molecule has 0 fully saturated rings. The molecule has 1 aromatic carbocycles. The zero-order valence-corrected chi connectivity index (χ0v) is 13.7. The molecule has 5 heteroatoms. The molecule has 21 heavy (non-hydrogen) atoms. The number of nitrogens with zero attached hydrogens (tertiary/aromatic N) is 3. The van der Waals surface area contributed by atoms with Crippen LogP contribution in [0.1, 0.15) is 18.2 Å². The monoisotopic (exact) mass is 344 g/mol. The zero-order valence-electron chi connectivity index (χ0n) is 12.1. The highest BCUT2D eigenvalue weighted by Gasteiger charge is 2.07. The Morgan fingerprint density at radius 2 is 2.19 bits per heavy atom. The summed E-state index contributed by atoms with van der Waals surface area (Å²) < 4.78 is 2.86. The molecule has 2 heterocycles. The molecule has 0 aliphatic heterocycles. The standard InChI is InChI=1S/C16H17BrN4/c1-3-14-12(10-21(2)20-14)8-18-15-6-4-5-11-7-13(17)9-19-16(11)15/h4-7,9-10,18H,3,8H2,1-2H3. The summed E-state index contributed by atoms with van der Waals surface area (Å²) in [6.07, 6.45) is 4.84. The Kier molecular flexibility index (Phi) is 3.92. The van der Waals surface area contributed by atoms with Gasteiger partial charge in [0.25, 0.3) is 0 Å². The first-order valence-electron chi connectivity index (χ1n) is 6.97. The van der Waals surface area contributed by atoms with Crippen molar-refractivity contribution >= 4 is 32.5 Å². The number of para-hydroxylation sites is 1. The summed E-state index contributed by atoms with van der Waals surface area (Å²) in [4.78, 5) is 4.51. The molecule has 2 aromatic heterocycles. The maximum absolute atomic E-state index is 4.51. The third-order valence-electron chi connectivity index (χ3n) is 3.47. The van der Waals surface area contributed by atoms with Crippen LogP contribution < -0.4 is 5.32 Å². The van der Waals surface area contributed by atoms with Gasteiger partial charge in [0.2, 0.25) is 0 Å². The molecule has 3 aromatic rings. The fraction of sp³-hybridized carbons (Fsp3) is 0.250. The zero-order chi connectivity index (χ0) is 14.8. The molecule has 0 unspecified atom stereocenters. The Morgan fingerprint density at radius 1 is 1.33 bits per heavy atom. The quantitative estimate of drug-likeness (QED) is 0.780. The number of fused-ring (bicyclic) bond motifs is 1. The van der Waals surface area contributed by atoms with E-state index in [2.05, 4.69) is 62.6 Å². The fourth-order valence-electron chi connectivity index (χ4n) is 2.50. The van der Waals surface area contributed by atoms with E-state index < -0.39 is 0 Å². The van der Waals surface area contributed by atoms with Gasteiger partial charge in [-0.2, -0.15) is 5.10 Å². The molecule has 108 valence electrons. The van der Waals surface area contributed by atoms with Crippen molar-refractivity contribution in [2.45, 2.75) is 19.9 Å². The number of aromatic nitrogens is 3. The lowest BCUT2D eigenvalue weighted by molar-refractivity contribution is 0.746. The number of hydrogen-bond donors (Lipinski definition) is 1. The van der Waals surface area contributed by atoms with Crippen LogP contribution in [0.15, 0.2) is 41.1 Å². The summed E-state index contributed by atoms with van der Waals surface area (Å²) in [7, 11) is 1.96. The minimum Gasteiger partial charge on any atom is -0.379 e. The van der Waals surface area contributed by atoms with E-state index in [0.29, 0.717) is 0 Å². The molecule has 1 N–H and O–H groups in total. The van der Waals surface area contributed by atoms with Gasteiger partial charge in [-0.15, -0.1) is 0 Å². The van der Waals surface area contributed by atoms with Crippen molar-refractivity contribution in [3.8, 4) is 0 Å². The SMILES string of the molecule is CCc1nn(C)cc1CNc1cccc2cc(Br)cnc12. The summed E-state index contributed by atoms with van der Waals surface area (Å²) in [5, 5.41) is 9.07. The lowest BCUT2D eigenvalue weighted by atomic mass is 10.1. The van der Waals surface area contributed by atoms with E-state index in [4.69, 9.17) is 0 Å². The van der Waals surface area contributed by atoms with E-state index in [-0.39, 0.29) is 0 Å². The smallest absolute Gasteiger partial charge is 0.0934 e. The van der Waals surface area contributed by atoms with E-state index in [9.17, 15) is 0 Å². The number of anilines is 1. The Morgan fingerprint density at radius 3 is 3.00 bits per heavy atom. The normalized spacial score (nSPS) is 11.0. The molecule has 0 aliphatic rings. The Hall–Kier alpha value is -1.88. The van der Waals surface area contributed by atoms with Crippen LogP contribution in [0.3, 0.4) is 0 Å². The highest BCUT2D eigenvalue weighted by Crippen LogP contribution is 2.24. The van der Waals surface area contributed by atoms with Gasteiger partial charge in [0.15, 0.2) is 0 Å². The summed E-state index contributed by atoms with van der Waals surface area (Å²) in [6, 6.07) is 8.25. The van der Waals surface area contributed by atoms with Gasteiger partial charge in [0, 0.05) is 41.4 Å². The predicted octanol–water partition coefficient (Wildman–Crippen LogP) is 3.91. The lowest BCUT2D eigenvalue weighted by Gasteiger charge is -2.09. The third-order valence-corrected chi connectivity index (χ3v) is 3.91. The molecule has 0 radical (unpaired) electrons. The van der Waals surface area contributed by atoms with Crippen LogP contribution in [0, 0.1) is 0 Å². The summed E-state index contributed by atoms with van der Waals surface area (Å²) in [5.74, 6) is 0. The van der Waals surface area contributed by atoms with Crippen LogP contribution >= 0.6 is 15.9 Å². The van der Waals surface area contributed by atoms with Crippen LogP contribution in [0.5, 0.6) is 0 Å².